The Bertz CT molecular complexity index is 431. The van der Waals surface area contributed by atoms with Crippen LogP contribution in [-0.2, 0) is 17.8 Å². The molecule has 2 heteroatoms. The van der Waals surface area contributed by atoms with Gasteiger partial charge in [-0.3, -0.25) is 0 Å². The molecule has 2 nitrogen and oxygen atoms in total. The van der Waals surface area contributed by atoms with E-state index in [1.54, 1.807) is 7.11 Å². The predicted octanol–water partition coefficient (Wildman–Crippen LogP) is 2.88. The van der Waals surface area contributed by atoms with Gasteiger partial charge in [-0.15, -0.1) is 0 Å². The summed E-state index contributed by atoms with van der Waals surface area (Å²) >= 11 is 0. The maximum Gasteiger partial charge on any atom is 0.0736 e. The van der Waals surface area contributed by atoms with Crippen molar-refractivity contribution in [2.45, 2.75) is 20.0 Å². The molecular formula is C12H15NO. The molecule has 74 valence electrons. The lowest BCUT2D eigenvalue weighted by Crippen LogP contribution is -1.91. The second kappa shape index (κ2) is 3.84. The zero-order chi connectivity index (χ0) is 9.97. The molecule has 0 aliphatic heterocycles. The third-order valence-electron chi connectivity index (χ3n) is 2.54. The van der Waals surface area contributed by atoms with E-state index in [4.69, 9.17) is 4.74 Å². The summed E-state index contributed by atoms with van der Waals surface area (Å²) in [7, 11) is 1.74. The van der Waals surface area contributed by atoms with E-state index in [1.807, 2.05) is 0 Å². The van der Waals surface area contributed by atoms with Crippen molar-refractivity contribution in [3.05, 3.63) is 35.5 Å². The van der Waals surface area contributed by atoms with Crippen LogP contribution in [0.4, 0.5) is 0 Å². The number of para-hydroxylation sites is 1. The molecule has 0 aliphatic rings. The maximum atomic E-state index is 5.22. The SMILES string of the molecule is CCc1[nH]c2ccccc2c1COC. The van der Waals surface area contributed by atoms with Crippen LogP contribution < -0.4 is 0 Å². The molecule has 1 aromatic carbocycles. The molecule has 0 amide bonds. The van der Waals surface area contributed by atoms with Crippen LogP contribution in [0.25, 0.3) is 10.9 Å². The van der Waals surface area contributed by atoms with Crippen LogP contribution >= 0.6 is 0 Å². The van der Waals surface area contributed by atoms with Gasteiger partial charge in [0.15, 0.2) is 0 Å². The zero-order valence-electron chi connectivity index (χ0n) is 8.63. The lowest BCUT2D eigenvalue weighted by molar-refractivity contribution is 0.185. The number of benzene rings is 1. The van der Waals surface area contributed by atoms with Crippen LogP contribution in [0.5, 0.6) is 0 Å². The Morgan fingerprint density at radius 1 is 1.29 bits per heavy atom. The Morgan fingerprint density at radius 2 is 2.07 bits per heavy atom. The van der Waals surface area contributed by atoms with E-state index in [-0.39, 0.29) is 0 Å². The minimum atomic E-state index is 0.688. The Morgan fingerprint density at radius 3 is 2.79 bits per heavy atom. The van der Waals surface area contributed by atoms with E-state index in [2.05, 4.69) is 36.2 Å². The fraction of sp³-hybridized carbons (Fsp3) is 0.333. The monoisotopic (exact) mass is 189 g/mol. The highest BCUT2D eigenvalue weighted by molar-refractivity contribution is 5.84. The molecule has 0 saturated carbocycles. The van der Waals surface area contributed by atoms with Crippen LogP contribution in [0.2, 0.25) is 0 Å². The summed E-state index contributed by atoms with van der Waals surface area (Å²) in [4.78, 5) is 3.42. The van der Waals surface area contributed by atoms with Gasteiger partial charge in [0.2, 0.25) is 0 Å². The van der Waals surface area contributed by atoms with Crippen LogP contribution in [0, 0.1) is 0 Å². The molecule has 0 atom stereocenters. The van der Waals surface area contributed by atoms with Crippen molar-refractivity contribution in [3.63, 3.8) is 0 Å². The minimum Gasteiger partial charge on any atom is -0.380 e. The summed E-state index contributed by atoms with van der Waals surface area (Å²) in [6, 6.07) is 8.36. The molecule has 2 aromatic rings. The largest absolute Gasteiger partial charge is 0.380 e. The van der Waals surface area contributed by atoms with Gasteiger partial charge in [0, 0.05) is 29.3 Å². The maximum absolute atomic E-state index is 5.22. The molecule has 2 rings (SSSR count). The van der Waals surface area contributed by atoms with Gasteiger partial charge < -0.3 is 9.72 Å². The highest BCUT2D eigenvalue weighted by Crippen LogP contribution is 2.23. The van der Waals surface area contributed by atoms with Crippen molar-refractivity contribution >= 4 is 10.9 Å². The quantitative estimate of drug-likeness (QED) is 0.789. The predicted molar refractivity (Wildman–Crippen MR) is 58.4 cm³/mol. The topological polar surface area (TPSA) is 25.0 Å². The molecule has 0 radical (unpaired) electrons. The lowest BCUT2D eigenvalue weighted by atomic mass is 10.1. The van der Waals surface area contributed by atoms with Gasteiger partial charge in [-0.2, -0.15) is 0 Å². The fourth-order valence-corrected chi connectivity index (χ4v) is 1.87. The minimum absolute atomic E-state index is 0.688. The Labute approximate surface area is 83.9 Å². The van der Waals surface area contributed by atoms with Gasteiger partial charge in [0.1, 0.15) is 0 Å². The third-order valence-corrected chi connectivity index (χ3v) is 2.54. The first-order chi connectivity index (χ1) is 6.86. The molecule has 0 unspecified atom stereocenters. The summed E-state index contributed by atoms with van der Waals surface area (Å²) in [5.74, 6) is 0. The fourth-order valence-electron chi connectivity index (χ4n) is 1.87. The first-order valence-electron chi connectivity index (χ1n) is 4.94. The summed E-state index contributed by atoms with van der Waals surface area (Å²) in [6.07, 6.45) is 1.02. The molecule has 0 bridgehead atoms. The van der Waals surface area contributed by atoms with Gasteiger partial charge in [-0.25, -0.2) is 0 Å². The van der Waals surface area contributed by atoms with E-state index >= 15 is 0 Å². The number of ether oxygens (including phenoxy) is 1. The van der Waals surface area contributed by atoms with E-state index in [9.17, 15) is 0 Å². The Balaban J connectivity index is 2.61. The van der Waals surface area contributed by atoms with E-state index in [1.165, 1.54) is 22.2 Å². The van der Waals surface area contributed by atoms with Gasteiger partial charge >= 0.3 is 0 Å². The van der Waals surface area contributed by atoms with Crippen LogP contribution in [0.15, 0.2) is 24.3 Å². The van der Waals surface area contributed by atoms with Crippen LogP contribution in [-0.4, -0.2) is 12.1 Å². The second-order valence-electron chi connectivity index (χ2n) is 3.41. The summed E-state index contributed by atoms with van der Waals surface area (Å²) < 4.78 is 5.22. The van der Waals surface area contributed by atoms with Crippen molar-refractivity contribution in [2.75, 3.05) is 7.11 Å². The number of fused-ring (bicyclic) bond motifs is 1. The number of H-pyrrole nitrogens is 1. The van der Waals surface area contributed by atoms with Crippen LogP contribution in [0.1, 0.15) is 18.2 Å². The van der Waals surface area contributed by atoms with Gasteiger partial charge in [0.25, 0.3) is 0 Å². The number of aryl methyl sites for hydroxylation is 1. The Hall–Kier alpha value is -1.28. The summed E-state index contributed by atoms with van der Waals surface area (Å²) in [6.45, 7) is 2.84. The highest BCUT2D eigenvalue weighted by Gasteiger charge is 2.08. The van der Waals surface area contributed by atoms with E-state index < -0.39 is 0 Å². The molecule has 0 spiro atoms. The average molecular weight is 189 g/mol. The van der Waals surface area contributed by atoms with E-state index in [0.717, 1.165) is 6.42 Å². The molecule has 0 fully saturated rings. The number of rotatable bonds is 3. The molecule has 1 aromatic heterocycles. The van der Waals surface area contributed by atoms with Crippen molar-refractivity contribution in [1.29, 1.82) is 0 Å². The first kappa shape index (κ1) is 9.28. The smallest absolute Gasteiger partial charge is 0.0736 e. The Kier molecular flexibility index (Phi) is 2.55. The number of methoxy groups -OCH3 is 1. The number of nitrogens with one attached hydrogen (secondary N) is 1. The number of hydrogen-bond donors (Lipinski definition) is 1. The van der Waals surface area contributed by atoms with Crippen LogP contribution in [0.3, 0.4) is 0 Å². The second-order valence-corrected chi connectivity index (χ2v) is 3.41. The molecule has 1 heterocycles. The number of hydrogen-bond acceptors (Lipinski definition) is 1. The average Bonchev–Trinajstić information content (AvgIpc) is 2.58. The van der Waals surface area contributed by atoms with Gasteiger partial charge in [0.05, 0.1) is 6.61 Å². The highest BCUT2D eigenvalue weighted by atomic mass is 16.5. The standard InChI is InChI=1S/C12H15NO/c1-3-11-10(8-14-2)9-6-4-5-7-12(9)13-11/h4-7,13H,3,8H2,1-2H3. The summed E-state index contributed by atoms with van der Waals surface area (Å²) in [5.41, 5.74) is 3.79. The normalized spacial score (nSPS) is 11.0. The van der Waals surface area contributed by atoms with Gasteiger partial charge in [-0.05, 0) is 12.5 Å². The van der Waals surface area contributed by atoms with Gasteiger partial charge in [-0.1, -0.05) is 25.1 Å². The van der Waals surface area contributed by atoms with Crippen molar-refractivity contribution in [1.82, 2.24) is 4.98 Å². The van der Waals surface area contributed by atoms with Crippen molar-refractivity contribution < 1.29 is 4.74 Å². The van der Waals surface area contributed by atoms with E-state index in [0.29, 0.717) is 6.61 Å². The molecule has 0 saturated heterocycles. The van der Waals surface area contributed by atoms with Crippen molar-refractivity contribution in [2.24, 2.45) is 0 Å². The number of aromatic nitrogens is 1. The molecule has 1 N–H and O–H groups in total. The molecule has 0 aliphatic carbocycles. The first-order valence-corrected chi connectivity index (χ1v) is 4.94. The number of aromatic amines is 1. The molecular weight excluding hydrogens is 174 g/mol. The van der Waals surface area contributed by atoms with Crippen molar-refractivity contribution in [3.8, 4) is 0 Å². The molecule has 14 heavy (non-hydrogen) atoms. The lowest BCUT2D eigenvalue weighted by Gasteiger charge is -2.00. The summed E-state index contributed by atoms with van der Waals surface area (Å²) in [5, 5.41) is 1.28. The third kappa shape index (κ3) is 1.42. The zero-order valence-corrected chi connectivity index (χ0v) is 8.63.